The zero-order valence-electron chi connectivity index (χ0n) is 13.5. The predicted molar refractivity (Wildman–Crippen MR) is 89.0 cm³/mol. The van der Waals surface area contributed by atoms with Gasteiger partial charge in [-0.05, 0) is 24.5 Å². The second kappa shape index (κ2) is 7.91. The van der Waals surface area contributed by atoms with Gasteiger partial charge < -0.3 is 14.6 Å². The van der Waals surface area contributed by atoms with E-state index in [2.05, 4.69) is 10.3 Å². The lowest BCUT2D eigenvalue weighted by Gasteiger charge is -2.15. The van der Waals surface area contributed by atoms with E-state index in [4.69, 9.17) is 14.6 Å². The summed E-state index contributed by atoms with van der Waals surface area (Å²) in [6.07, 6.45) is 1.41. The van der Waals surface area contributed by atoms with Crippen LogP contribution in [0, 0.1) is 0 Å². The molecule has 1 saturated heterocycles. The second-order valence-electron chi connectivity index (χ2n) is 5.66. The Kier molecular flexibility index (Phi) is 5.42. The van der Waals surface area contributed by atoms with E-state index < -0.39 is 18.0 Å². The Morgan fingerprint density at radius 3 is 2.80 bits per heavy atom. The van der Waals surface area contributed by atoms with Gasteiger partial charge in [0, 0.05) is 6.20 Å². The Balaban J connectivity index is 1.57. The minimum absolute atomic E-state index is 0.0778. The van der Waals surface area contributed by atoms with Gasteiger partial charge in [-0.3, -0.25) is 9.88 Å². The lowest BCUT2D eigenvalue weighted by molar-refractivity contribution is -0.0245. The number of benzene rings is 1. The molecular formula is C17H19N3O5. The molecule has 25 heavy (non-hydrogen) atoms. The number of nitrogens with zero attached hydrogens (tertiary/aromatic N) is 2. The van der Waals surface area contributed by atoms with E-state index in [0.717, 1.165) is 5.56 Å². The molecule has 3 rings (SSSR count). The van der Waals surface area contributed by atoms with Gasteiger partial charge in [-0.25, -0.2) is 9.59 Å². The fourth-order valence-corrected chi connectivity index (χ4v) is 2.59. The number of aromatic nitrogens is 2. The molecule has 0 spiro atoms. The summed E-state index contributed by atoms with van der Waals surface area (Å²) in [5, 5.41) is 11.5. The quantitative estimate of drug-likeness (QED) is 0.854. The largest absolute Gasteiger partial charge is 0.444 e. The molecule has 1 aromatic heterocycles. The fraction of sp³-hybridized carbons (Fsp3) is 0.353. The van der Waals surface area contributed by atoms with Gasteiger partial charge in [0.25, 0.3) is 0 Å². The van der Waals surface area contributed by atoms with Crippen molar-refractivity contribution in [1.29, 1.82) is 0 Å². The van der Waals surface area contributed by atoms with Crippen LogP contribution in [0.2, 0.25) is 0 Å². The van der Waals surface area contributed by atoms with Crippen molar-refractivity contribution in [2.75, 3.05) is 11.9 Å². The smallest absolute Gasteiger partial charge is 0.413 e. The molecule has 0 radical (unpaired) electrons. The number of rotatable bonds is 5. The van der Waals surface area contributed by atoms with E-state index in [0.29, 0.717) is 12.8 Å². The van der Waals surface area contributed by atoms with Crippen molar-refractivity contribution in [3.8, 4) is 0 Å². The molecule has 0 saturated carbocycles. The van der Waals surface area contributed by atoms with Gasteiger partial charge >= 0.3 is 11.8 Å². The number of nitrogens with one attached hydrogen (secondary N) is 1. The summed E-state index contributed by atoms with van der Waals surface area (Å²) in [7, 11) is 0. The molecule has 8 heteroatoms. The normalized spacial score (nSPS) is 19.6. The topological polar surface area (TPSA) is 103 Å². The standard InChI is InChI=1S/C17H19N3O5/c21-10-13-6-7-15(25-13)20-9-8-14(18-16(20)22)19-17(23)24-11-12-4-2-1-3-5-12/h1-5,8-9,13,15,21H,6-7,10-11H2,(H,18,19,22,23). The summed E-state index contributed by atoms with van der Waals surface area (Å²) in [4.78, 5) is 27.7. The lowest BCUT2D eigenvalue weighted by Crippen LogP contribution is -2.28. The van der Waals surface area contributed by atoms with Crippen molar-refractivity contribution < 1.29 is 19.4 Å². The van der Waals surface area contributed by atoms with Crippen LogP contribution in [0.25, 0.3) is 0 Å². The molecule has 0 aliphatic carbocycles. The lowest BCUT2D eigenvalue weighted by atomic mass is 10.2. The van der Waals surface area contributed by atoms with Crippen molar-refractivity contribution in [3.05, 3.63) is 58.6 Å². The summed E-state index contributed by atoms with van der Waals surface area (Å²) >= 11 is 0. The highest BCUT2D eigenvalue weighted by Gasteiger charge is 2.26. The Bertz CT molecular complexity index is 777. The van der Waals surface area contributed by atoms with Crippen LogP contribution >= 0.6 is 0 Å². The summed E-state index contributed by atoms with van der Waals surface area (Å²) in [5.74, 6) is 0.107. The van der Waals surface area contributed by atoms with Gasteiger partial charge in [-0.1, -0.05) is 30.3 Å². The van der Waals surface area contributed by atoms with Crippen LogP contribution in [0.15, 0.2) is 47.4 Å². The van der Waals surface area contributed by atoms with Crippen molar-refractivity contribution >= 4 is 11.9 Å². The average molecular weight is 345 g/mol. The number of carbonyl (C=O) groups is 1. The first-order chi connectivity index (χ1) is 12.2. The number of carbonyl (C=O) groups excluding carboxylic acids is 1. The summed E-state index contributed by atoms with van der Waals surface area (Å²) in [6, 6.07) is 10.8. The van der Waals surface area contributed by atoms with E-state index in [1.165, 1.54) is 16.8 Å². The molecule has 1 aliphatic rings. The van der Waals surface area contributed by atoms with Crippen LogP contribution in [-0.4, -0.2) is 33.5 Å². The third kappa shape index (κ3) is 4.43. The first-order valence-electron chi connectivity index (χ1n) is 7.99. The van der Waals surface area contributed by atoms with Crippen molar-refractivity contribution in [1.82, 2.24) is 9.55 Å². The number of ether oxygens (including phenoxy) is 2. The van der Waals surface area contributed by atoms with Crippen LogP contribution in [0.5, 0.6) is 0 Å². The molecule has 0 bridgehead atoms. The third-order valence-corrected chi connectivity index (χ3v) is 3.87. The number of anilines is 1. The predicted octanol–water partition coefficient (Wildman–Crippen LogP) is 1.66. The first-order valence-corrected chi connectivity index (χ1v) is 7.99. The van der Waals surface area contributed by atoms with Crippen LogP contribution in [0.1, 0.15) is 24.6 Å². The molecule has 1 aromatic carbocycles. The van der Waals surface area contributed by atoms with Crippen LogP contribution in [0.4, 0.5) is 10.6 Å². The average Bonchev–Trinajstić information content (AvgIpc) is 3.10. The maximum atomic E-state index is 12.1. The van der Waals surface area contributed by atoms with Crippen molar-refractivity contribution in [3.63, 3.8) is 0 Å². The van der Waals surface area contributed by atoms with Crippen LogP contribution in [0.3, 0.4) is 0 Å². The minimum Gasteiger partial charge on any atom is -0.444 e. The SMILES string of the molecule is O=C(Nc1ccn(C2CCC(CO)O2)c(=O)n1)OCc1ccccc1. The third-order valence-electron chi connectivity index (χ3n) is 3.87. The molecule has 8 nitrogen and oxygen atoms in total. The van der Waals surface area contributed by atoms with Gasteiger partial charge in [0.15, 0.2) is 0 Å². The number of hydrogen-bond acceptors (Lipinski definition) is 6. The van der Waals surface area contributed by atoms with E-state index in [1.807, 2.05) is 30.3 Å². The number of aliphatic hydroxyl groups is 1. The Hall–Kier alpha value is -2.71. The second-order valence-corrected chi connectivity index (χ2v) is 5.66. The van der Waals surface area contributed by atoms with E-state index >= 15 is 0 Å². The van der Waals surface area contributed by atoms with Gasteiger partial charge in [0.1, 0.15) is 18.7 Å². The van der Waals surface area contributed by atoms with Crippen molar-refractivity contribution in [2.24, 2.45) is 0 Å². The monoisotopic (exact) mass is 345 g/mol. The molecule has 1 aliphatic heterocycles. The molecular weight excluding hydrogens is 326 g/mol. The number of amides is 1. The molecule has 132 valence electrons. The van der Waals surface area contributed by atoms with Gasteiger partial charge in [-0.2, -0.15) is 4.98 Å². The first kappa shape index (κ1) is 17.1. The molecule has 1 fully saturated rings. The minimum atomic E-state index is -0.689. The maximum Gasteiger partial charge on any atom is 0.413 e. The van der Waals surface area contributed by atoms with Crippen molar-refractivity contribution in [2.45, 2.75) is 31.8 Å². The fourth-order valence-electron chi connectivity index (χ4n) is 2.59. The molecule has 2 unspecified atom stereocenters. The summed E-state index contributed by atoms with van der Waals surface area (Å²) in [6.45, 7) is 0.0494. The Labute approximate surface area is 144 Å². The highest BCUT2D eigenvalue weighted by Crippen LogP contribution is 2.26. The highest BCUT2D eigenvalue weighted by atomic mass is 16.5. The van der Waals surface area contributed by atoms with E-state index in [9.17, 15) is 9.59 Å². The molecule has 2 atom stereocenters. The molecule has 2 N–H and O–H groups in total. The van der Waals surface area contributed by atoms with E-state index in [1.54, 1.807) is 0 Å². The molecule has 1 amide bonds. The van der Waals surface area contributed by atoms with Gasteiger partial charge in [-0.15, -0.1) is 0 Å². The highest BCUT2D eigenvalue weighted by molar-refractivity contribution is 5.83. The number of aliphatic hydroxyl groups excluding tert-OH is 1. The summed E-state index contributed by atoms with van der Waals surface area (Å²) in [5.41, 5.74) is 0.322. The number of hydrogen-bond donors (Lipinski definition) is 2. The molecule has 2 aromatic rings. The van der Waals surface area contributed by atoms with Crippen LogP contribution in [-0.2, 0) is 16.1 Å². The zero-order valence-corrected chi connectivity index (χ0v) is 13.5. The van der Waals surface area contributed by atoms with E-state index in [-0.39, 0.29) is 25.1 Å². The maximum absolute atomic E-state index is 12.1. The summed E-state index contributed by atoms with van der Waals surface area (Å²) < 4.78 is 12.0. The van der Waals surface area contributed by atoms with Crippen LogP contribution < -0.4 is 11.0 Å². The zero-order chi connectivity index (χ0) is 17.6. The van der Waals surface area contributed by atoms with Gasteiger partial charge in [0.05, 0.1) is 12.7 Å². The Morgan fingerprint density at radius 1 is 1.32 bits per heavy atom. The van der Waals surface area contributed by atoms with Gasteiger partial charge in [0.2, 0.25) is 0 Å². The molecule has 2 heterocycles. The Morgan fingerprint density at radius 2 is 2.12 bits per heavy atom.